The van der Waals surface area contributed by atoms with Gasteiger partial charge in [-0.15, -0.1) is 0 Å². The lowest BCUT2D eigenvalue weighted by molar-refractivity contribution is 0.0949. The van der Waals surface area contributed by atoms with Gasteiger partial charge < -0.3 is 15.4 Å². The molecule has 0 spiro atoms. The Labute approximate surface area is 173 Å². The summed E-state index contributed by atoms with van der Waals surface area (Å²) in [5.41, 5.74) is 1.16. The van der Waals surface area contributed by atoms with Crippen molar-refractivity contribution in [3.8, 4) is 5.75 Å². The summed E-state index contributed by atoms with van der Waals surface area (Å²) in [5, 5.41) is 5.38. The zero-order chi connectivity index (χ0) is 21.3. The van der Waals surface area contributed by atoms with Gasteiger partial charge in [0.05, 0.1) is 28.2 Å². The summed E-state index contributed by atoms with van der Waals surface area (Å²) < 4.78 is 31.3. The molecule has 0 saturated heterocycles. The largest absolute Gasteiger partial charge is 0.496 e. The maximum atomic E-state index is 13.0. The predicted molar refractivity (Wildman–Crippen MR) is 110 cm³/mol. The molecule has 8 heteroatoms. The molecular formula is C22H18N2O5S. The van der Waals surface area contributed by atoms with Gasteiger partial charge in [-0.05, 0) is 36.4 Å². The van der Waals surface area contributed by atoms with E-state index in [0.717, 1.165) is 5.56 Å². The van der Waals surface area contributed by atoms with Crippen LogP contribution in [0, 0.1) is 0 Å². The van der Waals surface area contributed by atoms with Crippen molar-refractivity contribution < 1.29 is 22.7 Å². The second-order valence-corrected chi connectivity index (χ2v) is 8.55. The molecule has 3 aromatic carbocycles. The van der Waals surface area contributed by atoms with E-state index in [1.54, 1.807) is 25.3 Å². The SMILES string of the molecule is COc1ccccc1CNC(=O)c1ccc2c(c1)NC(=O)c1ccccc1S2(=O)=O. The first-order chi connectivity index (χ1) is 14.4. The van der Waals surface area contributed by atoms with Crippen LogP contribution in [-0.4, -0.2) is 27.3 Å². The van der Waals surface area contributed by atoms with Crippen LogP contribution in [0.1, 0.15) is 26.3 Å². The number of carbonyl (C=O) groups is 2. The van der Waals surface area contributed by atoms with Crippen LogP contribution in [0.2, 0.25) is 0 Å². The van der Waals surface area contributed by atoms with Crippen molar-refractivity contribution >= 4 is 27.3 Å². The first-order valence-electron chi connectivity index (χ1n) is 9.11. The number of hydrogen-bond acceptors (Lipinski definition) is 5. The van der Waals surface area contributed by atoms with Gasteiger partial charge in [0.2, 0.25) is 9.84 Å². The van der Waals surface area contributed by atoms with E-state index in [9.17, 15) is 18.0 Å². The van der Waals surface area contributed by atoms with E-state index in [1.807, 2.05) is 18.2 Å². The maximum absolute atomic E-state index is 13.0. The molecule has 0 unspecified atom stereocenters. The minimum atomic E-state index is -3.91. The molecule has 0 fully saturated rings. The number of rotatable bonds is 4. The molecule has 3 aromatic rings. The molecular weight excluding hydrogens is 404 g/mol. The zero-order valence-electron chi connectivity index (χ0n) is 16.0. The maximum Gasteiger partial charge on any atom is 0.257 e. The number of benzene rings is 3. The van der Waals surface area contributed by atoms with Gasteiger partial charge in [-0.2, -0.15) is 0 Å². The Morgan fingerprint density at radius 3 is 2.53 bits per heavy atom. The molecule has 0 aromatic heterocycles. The molecule has 0 aliphatic carbocycles. The van der Waals surface area contributed by atoms with Crippen LogP contribution >= 0.6 is 0 Å². The van der Waals surface area contributed by atoms with Crippen LogP contribution in [0.15, 0.2) is 76.5 Å². The predicted octanol–water partition coefficient (Wildman–Crippen LogP) is 3.02. The molecule has 2 N–H and O–H groups in total. The number of anilines is 1. The average molecular weight is 422 g/mol. The Balaban J connectivity index is 1.64. The number of amides is 2. The third-order valence-corrected chi connectivity index (χ3v) is 6.70. The first kappa shape index (κ1) is 19.7. The highest BCUT2D eigenvalue weighted by Gasteiger charge is 2.31. The molecule has 4 rings (SSSR count). The lowest BCUT2D eigenvalue weighted by Gasteiger charge is -2.11. The fourth-order valence-corrected chi connectivity index (χ4v) is 4.92. The van der Waals surface area contributed by atoms with E-state index < -0.39 is 21.7 Å². The highest BCUT2D eigenvalue weighted by atomic mass is 32.2. The van der Waals surface area contributed by atoms with Crippen molar-refractivity contribution in [2.75, 3.05) is 12.4 Å². The lowest BCUT2D eigenvalue weighted by Crippen LogP contribution is -2.23. The Morgan fingerprint density at radius 1 is 1.00 bits per heavy atom. The summed E-state index contributed by atoms with van der Waals surface area (Å²) in [5.74, 6) is -0.299. The summed E-state index contributed by atoms with van der Waals surface area (Å²) >= 11 is 0. The van der Waals surface area contributed by atoms with Crippen LogP contribution in [0.3, 0.4) is 0 Å². The second kappa shape index (κ2) is 7.64. The topological polar surface area (TPSA) is 102 Å². The van der Waals surface area contributed by atoms with E-state index in [1.165, 1.54) is 30.3 Å². The molecule has 0 atom stereocenters. The molecule has 152 valence electrons. The number of hydrogen-bond donors (Lipinski definition) is 2. The van der Waals surface area contributed by atoms with Crippen molar-refractivity contribution in [2.24, 2.45) is 0 Å². The van der Waals surface area contributed by atoms with E-state index >= 15 is 0 Å². The van der Waals surface area contributed by atoms with Crippen molar-refractivity contribution in [1.82, 2.24) is 5.32 Å². The molecule has 1 aliphatic rings. The van der Waals surface area contributed by atoms with Crippen LogP contribution in [0.25, 0.3) is 0 Å². The van der Waals surface area contributed by atoms with Gasteiger partial charge in [0.25, 0.3) is 11.8 Å². The van der Waals surface area contributed by atoms with Gasteiger partial charge >= 0.3 is 0 Å². The van der Waals surface area contributed by atoms with Gasteiger partial charge in [-0.25, -0.2) is 8.42 Å². The van der Waals surface area contributed by atoms with Gasteiger partial charge in [-0.1, -0.05) is 30.3 Å². The van der Waals surface area contributed by atoms with Crippen molar-refractivity contribution in [3.63, 3.8) is 0 Å². The lowest BCUT2D eigenvalue weighted by atomic mass is 10.1. The highest BCUT2D eigenvalue weighted by molar-refractivity contribution is 7.91. The third-order valence-electron chi connectivity index (χ3n) is 4.83. The highest BCUT2D eigenvalue weighted by Crippen LogP contribution is 2.34. The van der Waals surface area contributed by atoms with Crippen molar-refractivity contribution in [2.45, 2.75) is 16.3 Å². The van der Waals surface area contributed by atoms with Crippen LogP contribution in [0.5, 0.6) is 5.75 Å². The van der Waals surface area contributed by atoms with Crippen LogP contribution < -0.4 is 15.4 Å². The Bertz CT molecular complexity index is 1270. The molecule has 0 saturated carbocycles. The van der Waals surface area contributed by atoms with E-state index in [4.69, 9.17) is 4.74 Å². The Hall–Kier alpha value is -3.65. The number of ether oxygens (including phenoxy) is 1. The first-order valence-corrected chi connectivity index (χ1v) is 10.6. The average Bonchev–Trinajstić information content (AvgIpc) is 2.85. The molecule has 30 heavy (non-hydrogen) atoms. The van der Waals surface area contributed by atoms with Gasteiger partial charge in [0, 0.05) is 17.7 Å². The van der Waals surface area contributed by atoms with Crippen molar-refractivity contribution in [1.29, 1.82) is 0 Å². The summed E-state index contributed by atoms with van der Waals surface area (Å²) in [4.78, 5) is 25.1. The Morgan fingerprint density at radius 2 is 1.73 bits per heavy atom. The molecule has 7 nitrogen and oxygen atoms in total. The van der Waals surface area contributed by atoms with E-state index in [-0.39, 0.29) is 33.2 Å². The van der Waals surface area contributed by atoms with E-state index in [0.29, 0.717) is 5.75 Å². The monoisotopic (exact) mass is 422 g/mol. The fourth-order valence-electron chi connectivity index (χ4n) is 3.33. The quantitative estimate of drug-likeness (QED) is 0.673. The smallest absolute Gasteiger partial charge is 0.257 e. The normalized spacial score (nSPS) is 14.0. The summed E-state index contributed by atoms with van der Waals surface area (Å²) in [6, 6.07) is 17.4. The number of methoxy groups -OCH3 is 1. The summed E-state index contributed by atoms with van der Waals surface area (Å²) in [7, 11) is -2.36. The third kappa shape index (κ3) is 3.42. The van der Waals surface area contributed by atoms with Crippen LogP contribution in [-0.2, 0) is 16.4 Å². The van der Waals surface area contributed by atoms with Gasteiger partial charge in [0.1, 0.15) is 5.75 Å². The zero-order valence-corrected chi connectivity index (χ0v) is 16.8. The van der Waals surface area contributed by atoms with Gasteiger partial charge in [-0.3, -0.25) is 9.59 Å². The van der Waals surface area contributed by atoms with Crippen LogP contribution in [0.4, 0.5) is 5.69 Å². The number of para-hydroxylation sites is 1. The molecule has 2 amide bonds. The Kier molecular flexibility index (Phi) is 5.01. The fraction of sp³-hybridized carbons (Fsp3) is 0.0909. The molecule has 1 aliphatic heterocycles. The number of sulfone groups is 1. The number of nitrogens with one attached hydrogen (secondary N) is 2. The van der Waals surface area contributed by atoms with Gasteiger partial charge in [0.15, 0.2) is 0 Å². The second-order valence-electron chi connectivity index (χ2n) is 6.66. The number of fused-ring (bicyclic) bond motifs is 2. The summed E-state index contributed by atoms with van der Waals surface area (Å²) in [6.07, 6.45) is 0. The standard InChI is InChI=1S/C22H18N2O5S/c1-29-18-8-4-2-6-15(18)13-23-21(25)14-10-11-20-17(12-14)24-22(26)16-7-3-5-9-19(16)30(20,27)28/h2-12H,13H2,1H3,(H,23,25)(H,24,26). The van der Waals surface area contributed by atoms with Crippen molar-refractivity contribution in [3.05, 3.63) is 83.4 Å². The number of carbonyl (C=O) groups excluding carboxylic acids is 2. The minimum absolute atomic E-state index is 0.0536. The minimum Gasteiger partial charge on any atom is -0.496 e. The summed E-state index contributed by atoms with van der Waals surface area (Å²) in [6.45, 7) is 0.232. The van der Waals surface area contributed by atoms with E-state index in [2.05, 4.69) is 10.6 Å². The molecule has 1 heterocycles. The molecule has 0 radical (unpaired) electrons. The molecule has 0 bridgehead atoms.